The van der Waals surface area contributed by atoms with Crippen LogP contribution in [0.25, 0.3) is 0 Å². The van der Waals surface area contributed by atoms with Crippen molar-refractivity contribution in [3.05, 3.63) is 29.8 Å². The summed E-state index contributed by atoms with van der Waals surface area (Å²) < 4.78 is 9.15. The van der Waals surface area contributed by atoms with Crippen molar-refractivity contribution in [2.75, 3.05) is 19.1 Å². The second kappa shape index (κ2) is 5.89. The Morgan fingerprint density at radius 2 is 1.65 bits per heavy atom. The molecule has 0 aliphatic carbocycles. The van der Waals surface area contributed by atoms with E-state index in [2.05, 4.69) is 9.47 Å². The average molecular weight is 237 g/mol. The number of aryl methyl sites for hydroxylation is 1. The SMILES string of the molecule is CCc1ccccc1N(C(=O)OC)C(=O)OC. The van der Waals surface area contributed by atoms with E-state index in [-0.39, 0.29) is 0 Å². The highest BCUT2D eigenvalue weighted by molar-refractivity contribution is 6.09. The Hall–Kier alpha value is -2.04. The van der Waals surface area contributed by atoms with Crippen molar-refractivity contribution in [3.63, 3.8) is 0 Å². The van der Waals surface area contributed by atoms with Crippen LogP contribution in [-0.2, 0) is 15.9 Å². The van der Waals surface area contributed by atoms with Gasteiger partial charge in [0.25, 0.3) is 0 Å². The standard InChI is InChI=1S/C12H15NO4/c1-4-9-7-5-6-8-10(9)13(11(14)16-2)12(15)17-3/h5-8H,4H2,1-3H3. The molecule has 5 heteroatoms. The van der Waals surface area contributed by atoms with Gasteiger partial charge in [0.2, 0.25) is 0 Å². The van der Waals surface area contributed by atoms with Crippen LogP contribution < -0.4 is 4.90 Å². The lowest BCUT2D eigenvalue weighted by Gasteiger charge is -2.20. The van der Waals surface area contributed by atoms with Crippen LogP contribution in [0.3, 0.4) is 0 Å². The predicted octanol–water partition coefficient (Wildman–Crippen LogP) is 2.59. The molecule has 0 saturated heterocycles. The van der Waals surface area contributed by atoms with E-state index >= 15 is 0 Å². The highest BCUT2D eigenvalue weighted by Gasteiger charge is 2.26. The van der Waals surface area contributed by atoms with E-state index in [4.69, 9.17) is 0 Å². The molecule has 0 unspecified atom stereocenters. The minimum absolute atomic E-state index is 0.480. The van der Waals surface area contributed by atoms with Gasteiger partial charge in [0, 0.05) is 0 Å². The fourth-order valence-corrected chi connectivity index (χ4v) is 1.48. The van der Waals surface area contributed by atoms with Crippen molar-refractivity contribution in [2.24, 2.45) is 0 Å². The van der Waals surface area contributed by atoms with Crippen LogP contribution in [0.2, 0.25) is 0 Å². The molecule has 92 valence electrons. The first kappa shape index (κ1) is 13.0. The van der Waals surface area contributed by atoms with Gasteiger partial charge < -0.3 is 9.47 Å². The summed E-state index contributed by atoms with van der Waals surface area (Å²) in [5.74, 6) is 0. The van der Waals surface area contributed by atoms with Gasteiger partial charge in [-0.15, -0.1) is 0 Å². The Labute approximate surface area is 99.9 Å². The zero-order valence-corrected chi connectivity index (χ0v) is 10.1. The number of hydrogen-bond acceptors (Lipinski definition) is 4. The third-order valence-electron chi connectivity index (χ3n) is 2.33. The van der Waals surface area contributed by atoms with Crippen LogP contribution in [0, 0.1) is 0 Å². The van der Waals surface area contributed by atoms with Crippen molar-refractivity contribution >= 4 is 17.9 Å². The van der Waals surface area contributed by atoms with Gasteiger partial charge in [0.05, 0.1) is 19.9 Å². The summed E-state index contributed by atoms with van der Waals surface area (Å²) in [5.41, 5.74) is 1.34. The molecule has 0 saturated carbocycles. The van der Waals surface area contributed by atoms with Crippen LogP contribution >= 0.6 is 0 Å². The van der Waals surface area contributed by atoms with Gasteiger partial charge in [-0.05, 0) is 18.1 Å². The Kier molecular flexibility index (Phi) is 4.51. The van der Waals surface area contributed by atoms with Gasteiger partial charge in [0.15, 0.2) is 0 Å². The third kappa shape index (κ3) is 2.75. The molecule has 0 heterocycles. The molecule has 0 atom stereocenters. The summed E-state index contributed by atoms with van der Waals surface area (Å²) in [7, 11) is 2.43. The topological polar surface area (TPSA) is 55.8 Å². The molecule has 0 spiro atoms. The fourth-order valence-electron chi connectivity index (χ4n) is 1.48. The Bertz CT molecular complexity index is 401. The lowest BCUT2D eigenvalue weighted by Crippen LogP contribution is -2.37. The Morgan fingerprint density at radius 3 is 2.12 bits per heavy atom. The van der Waals surface area contributed by atoms with Gasteiger partial charge in [-0.2, -0.15) is 4.90 Å². The molecule has 0 N–H and O–H groups in total. The summed E-state index contributed by atoms with van der Waals surface area (Å²) >= 11 is 0. The number of rotatable bonds is 2. The second-order valence-corrected chi connectivity index (χ2v) is 3.26. The van der Waals surface area contributed by atoms with Crippen LogP contribution in [0.15, 0.2) is 24.3 Å². The van der Waals surface area contributed by atoms with Gasteiger partial charge in [0.1, 0.15) is 0 Å². The number of imide groups is 1. The molecular formula is C12H15NO4. The molecule has 0 aliphatic heterocycles. The molecule has 0 bridgehead atoms. The average Bonchev–Trinajstić information content (AvgIpc) is 2.39. The molecule has 0 radical (unpaired) electrons. The summed E-state index contributed by atoms with van der Waals surface area (Å²) in [6.45, 7) is 1.94. The number of hydrogen-bond donors (Lipinski definition) is 0. The monoisotopic (exact) mass is 237 g/mol. The maximum atomic E-state index is 11.6. The highest BCUT2D eigenvalue weighted by atomic mass is 16.6. The fraction of sp³-hybridized carbons (Fsp3) is 0.333. The Balaban J connectivity index is 3.21. The molecule has 17 heavy (non-hydrogen) atoms. The lowest BCUT2D eigenvalue weighted by molar-refractivity contribution is 0.159. The summed E-state index contributed by atoms with van der Waals surface area (Å²) in [4.78, 5) is 24.0. The number of nitrogens with zero attached hydrogens (tertiary/aromatic N) is 1. The van der Waals surface area contributed by atoms with Crippen LogP contribution in [0.5, 0.6) is 0 Å². The molecule has 1 rings (SSSR count). The van der Waals surface area contributed by atoms with Crippen molar-refractivity contribution in [1.82, 2.24) is 0 Å². The van der Waals surface area contributed by atoms with E-state index in [9.17, 15) is 9.59 Å². The quantitative estimate of drug-likeness (QED) is 0.793. The number of amides is 2. The largest absolute Gasteiger partial charge is 0.452 e. The summed E-state index contributed by atoms with van der Waals surface area (Å²) in [5, 5.41) is 0. The van der Waals surface area contributed by atoms with E-state index in [1.54, 1.807) is 12.1 Å². The minimum Gasteiger partial charge on any atom is -0.452 e. The van der Waals surface area contributed by atoms with E-state index in [0.717, 1.165) is 10.5 Å². The Morgan fingerprint density at radius 1 is 1.12 bits per heavy atom. The number of carbonyl (C=O) groups excluding carboxylic acids is 2. The highest BCUT2D eigenvalue weighted by Crippen LogP contribution is 2.22. The first-order chi connectivity index (χ1) is 8.15. The maximum absolute atomic E-state index is 11.6. The van der Waals surface area contributed by atoms with Crippen molar-refractivity contribution in [2.45, 2.75) is 13.3 Å². The summed E-state index contributed by atoms with van der Waals surface area (Å²) in [6, 6.07) is 7.10. The second-order valence-electron chi connectivity index (χ2n) is 3.26. The maximum Gasteiger partial charge on any atom is 0.423 e. The van der Waals surface area contributed by atoms with E-state index < -0.39 is 12.2 Å². The molecule has 0 aliphatic rings. The smallest absolute Gasteiger partial charge is 0.423 e. The van der Waals surface area contributed by atoms with Crippen molar-refractivity contribution in [1.29, 1.82) is 0 Å². The van der Waals surface area contributed by atoms with Gasteiger partial charge in [-0.1, -0.05) is 25.1 Å². The van der Waals surface area contributed by atoms with Crippen LogP contribution in [0.1, 0.15) is 12.5 Å². The van der Waals surface area contributed by atoms with E-state index in [0.29, 0.717) is 12.1 Å². The minimum atomic E-state index is -0.766. The zero-order chi connectivity index (χ0) is 12.8. The molecule has 1 aromatic carbocycles. The molecule has 0 aromatic heterocycles. The zero-order valence-electron chi connectivity index (χ0n) is 10.1. The van der Waals surface area contributed by atoms with Crippen molar-refractivity contribution < 1.29 is 19.1 Å². The lowest BCUT2D eigenvalue weighted by atomic mass is 10.1. The van der Waals surface area contributed by atoms with Gasteiger partial charge in [-0.25, -0.2) is 9.59 Å². The number of para-hydroxylation sites is 1. The van der Waals surface area contributed by atoms with Gasteiger partial charge in [-0.3, -0.25) is 0 Å². The van der Waals surface area contributed by atoms with E-state index in [1.165, 1.54) is 14.2 Å². The number of benzene rings is 1. The number of methoxy groups -OCH3 is 2. The normalized spacial score (nSPS) is 9.59. The van der Waals surface area contributed by atoms with Crippen LogP contribution in [0.4, 0.5) is 15.3 Å². The molecule has 0 fully saturated rings. The number of carbonyl (C=O) groups is 2. The van der Waals surface area contributed by atoms with Crippen molar-refractivity contribution in [3.8, 4) is 0 Å². The molecule has 2 amide bonds. The van der Waals surface area contributed by atoms with Gasteiger partial charge >= 0.3 is 12.2 Å². The molecular weight excluding hydrogens is 222 g/mol. The number of ether oxygens (including phenoxy) is 2. The number of anilines is 1. The van der Waals surface area contributed by atoms with Crippen LogP contribution in [-0.4, -0.2) is 26.4 Å². The predicted molar refractivity (Wildman–Crippen MR) is 63.1 cm³/mol. The van der Waals surface area contributed by atoms with E-state index in [1.807, 2.05) is 19.1 Å². The third-order valence-corrected chi connectivity index (χ3v) is 2.33. The summed E-state index contributed by atoms with van der Waals surface area (Å²) in [6.07, 6.45) is -0.837. The first-order valence-electron chi connectivity index (χ1n) is 5.19. The molecule has 1 aromatic rings. The molecule has 5 nitrogen and oxygen atoms in total. The first-order valence-corrected chi connectivity index (χ1v) is 5.19.